The molecule has 120 valence electrons. The standard InChI is InChI=1S/C17H17NO4S/c1-17(20,12-6-7-23-9-12)10-18-16(19)14-8-11-4-3-5-13(21-2)15(11)22-14/h3-9,20H,10H2,1-2H3,(H,18,19). The smallest absolute Gasteiger partial charge is 0.287 e. The molecule has 0 spiro atoms. The van der Waals surface area contributed by atoms with Gasteiger partial charge in [-0.3, -0.25) is 4.79 Å². The molecule has 23 heavy (non-hydrogen) atoms. The van der Waals surface area contributed by atoms with Crippen LogP contribution in [0.2, 0.25) is 0 Å². The van der Waals surface area contributed by atoms with Gasteiger partial charge in [0.05, 0.1) is 13.7 Å². The van der Waals surface area contributed by atoms with Crippen LogP contribution >= 0.6 is 11.3 Å². The topological polar surface area (TPSA) is 71.7 Å². The average molecular weight is 331 g/mol. The molecule has 0 fully saturated rings. The second kappa shape index (κ2) is 6.06. The number of carbonyl (C=O) groups is 1. The van der Waals surface area contributed by atoms with Crippen molar-refractivity contribution in [3.63, 3.8) is 0 Å². The second-order valence-corrected chi connectivity index (χ2v) is 6.24. The maximum atomic E-state index is 12.3. The van der Waals surface area contributed by atoms with Crippen LogP contribution in [0.3, 0.4) is 0 Å². The zero-order chi connectivity index (χ0) is 16.4. The summed E-state index contributed by atoms with van der Waals surface area (Å²) in [6, 6.07) is 8.95. The van der Waals surface area contributed by atoms with Gasteiger partial charge in [-0.2, -0.15) is 11.3 Å². The highest BCUT2D eigenvalue weighted by Crippen LogP contribution is 2.28. The number of hydrogen-bond acceptors (Lipinski definition) is 5. The first-order valence-electron chi connectivity index (χ1n) is 7.11. The quantitative estimate of drug-likeness (QED) is 0.753. The van der Waals surface area contributed by atoms with E-state index in [1.165, 1.54) is 11.3 Å². The van der Waals surface area contributed by atoms with Crippen molar-refractivity contribution in [2.45, 2.75) is 12.5 Å². The van der Waals surface area contributed by atoms with Gasteiger partial charge in [-0.25, -0.2) is 0 Å². The Morgan fingerprint density at radius 3 is 2.96 bits per heavy atom. The summed E-state index contributed by atoms with van der Waals surface area (Å²) in [6.07, 6.45) is 0. The fraction of sp³-hybridized carbons (Fsp3) is 0.235. The van der Waals surface area contributed by atoms with Gasteiger partial charge in [-0.15, -0.1) is 0 Å². The minimum absolute atomic E-state index is 0.0940. The highest BCUT2D eigenvalue weighted by atomic mass is 32.1. The number of thiophene rings is 1. The number of aliphatic hydroxyl groups is 1. The fourth-order valence-electron chi connectivity index (χ4n) is 2.32. The van der Waals surface area contributed by atoms with E-state index in [-0.39, 0.29) is 18.2 Å². The molecule has 0 aliphatic carbocycles. The molecule has 2 heterocycles. The van der Waals surface area contributed by atoms with E-state index in [2.05, 4.69) is 5.32 Å². The van der Waals surface area contributed by atoms with Crippen molar-refractivity contribution in [3.8, 4) is 5.75 Å². The van der Waals surface area contributed by atoms with E-state index < -0.39 is 5.60 Å². The van der Waals surface area contributed by atoms with Gasteiger partial charge < -0.3 is 19.6 Å². The van der Waals surface area contributed by atoms with E-state index in [0.29, 0.717) is 11.3 Å². The van der Waals surface area contributed by atoms with Gasteiger partial charge in [0, 0.05) is 5.39 Å². The molecule has 1 amide bonds. The first-order valence-corrected chi connectivity index (χ1v) is 8.05. The molecular formula is C17H17NO4S. The summed E-state index contributed by atoms with van der Waals surface area (Å²) < 4.78 is 10.8. The predicted molar refractivity (Wildman–Crippen MR) is 89.0 cm³/mol. The van der Waals surface area contributed by atoms with Crippen molar-refractivity contribution in [1.29, 1.82) is 0 Å². The lowest BCUT2D eigenvalue weighted by Crippen LogP contribution is -2.38. The number of furan rings is 1. The third-order valence-electron chi connectivity index (χ3n) is 3.69. The normalized spacial score (nSPS) is 13.7. The van der Waals surface area contributed by atoms with Crippen LogP contribution in [0.4, 0.5) is 0 Å². The molecular weight excluding hydrogens is 314 g/mol. The van der Waals surface area contributed by atoms with Crippen molar-refractivity contribution >= 4 is 28.2 Å². The molecule has 2 N–H and O–H groups in total. The molecule has 3 rings (SSSR count). The van der Waals surface area contributed by atoms with Crippen LogP contribution in [0.15, 0.2) is 45.5 Å². The summed E-state index contributed by atoms with van der Waals surface area (Å²) >= 11 is 1.50. The number of rotatable bonds is 5. The van der Waals surface area contributed by atoms with Crippen LogP contribution < -0.4 is 10.1 Å². The lowest BCUT2D eigenvalue weighted by molar-refractivity contribution is 0.0523. The Morgan fingerprint density at radius 1 is 1.43 bits per heavy atom. The number of benzene rings is 1. The lowest BCUT2D eigenvalue weighted by atomic mass is 9.99. The first kappa shape index (κ1) is 15.6. The summed E-state index contributed by atoms with van der Waals surface area (Å²) in [7, 11) is 1.55. The Kier molecular flexibility index (Phi) is 4.11. The summed E-state index contributed by atoms with van der Waals surface area (Å²) in [4.78, 5) is 12.3. The number of amides is 1. The van der Waals surface area contributed by atoms with E-state index in [1.54, 1.807) is 26.2 Å². The monoisotopic (exact) mass is 331 g/mol. The summed E-state index contributed by atoms with van der Waals surface area (Å²) in [5.74, 6) is 0.385. The van der Waals surface area contributed by atoms with Crippen molar-refractivity contribution in [2.24, 2.45) is 0 Å². The van der Waals surface area contributed by atoms with E-state index in [4.69, 9.17) is 9.15 Å². The molecule has 1 unspecified atom stereocenters. The van der Waals surface area contributed by atoms with Gasteiger partial charge in [-0.05, 0) is 41.4 Å². The van der Waals surface area contributed by atoms with E-state index in [1.807, 2.05) is 29.0 Å². The molecule has 1 atom stereocenters. The Bertz CT molecular complexity index is 820. The number of nitrogens with one attached hydrogen (secondary N) is 1. The minimum atomic E-state index is -1.13. The SMILES string of the molecule is COc1cccc2cc(C(=O)NCC(C)(O)c3ccsc3)oc12. The van der Waals surface area contributed by atoms with Crippen molar-refractivity contribution < 1.29 is 19.1 Å². The zero-order valence-corrected chi connectivity index (χ0v) is 13.6. The van der Waals surface area contributed by atoms with Crippen LogP contribution in [0.25, 0.3) is 11.0 Å². The Morgan fingerprint density at radius 2 is 2.26 bits per heavy atom. The molecule has 0 saturated carbocycles. The highest BCUT2D eigenvalue weighted by Gasteiger charge is 2.25. The van der Waals surface area contributed by atoms with E-state index >= 15 is 0 Å². The van der Waals surface area contributed by atoms with E-state index in [9.17, 15) is 9.90 Å². The maximum Gasteiger partial charge on any atom is 0.287 e. The predicted octanol–water partition coefficient (Wildman–Crippen LogP) is 3.14. The Hall–Kier alpha value is -2.31. The number of methoxy groups -OCH3 is 1. The Balaban J connectivity index is 1.76. The van der Waals surface area contributed by atoms with Gasteiger partial charge in [0.1, 0.15) is 5.60 Å². The van der Waals surface area contributed by atoms with Crippen molar-refractivity contribution in [2.75, 3.05) is 13.7 Å². The van der Waals surface area contributed by atoms with Crippen LogP contribution in [0, 0.1) is 0 Å². The summed E-state index contributed by atoms with van der Waals surface area (Å²) in [5, 5.41) is 17.7. The number of para-hydroxylation sites is 1. The fourth-order valence-corrected chi connectivity index (χ4v) is 3.10. The molecule has 5 nitrogen and oxygen atoms in total. The van der Waals surface area contributed by atoms with E-state index in [0.717, 1.165) is 10.9 Å². The molecule has 0 saturated heterocycles. The molecule has 6 heteroatoms. The van der Waals surface area contributed by atoms with Gasteiger partial charge in [0.2, 0.25) is 0 Å². The number of ether oxygens (including phenoxy) is 1. The summed E-state index contributed by atoms with van der Waals surface area (Å²) in [6.45, 7) is 1.76. The molecule has 1 aromatic carbocycles. The highest BCUT2D eigenvalue weighted by molar-refractivity contribution is 7.08. The molecule has 0 radical (unpaired) electrons. The van der Waals surface area contributed by atoms with Gasteiger partial charge in [-0.1, -0.05) is 12.1 Å². The second-order valence-electron chi connectivity index (χ2n) is 5.46. The van der Waals surface area contributed by atoms with Crippen LogP contribution in [-0.2, 0) is 5.60 Å². The molecule has 3 aromatic rings. The molecule has 2 aromatic heterocycles. The zero-order valence-electron chi connectivity index (χ0n) is 12.8. The third-order valence-corrected chi connectivity index (χ3v) is 4.37. The molecule has 0 bridgehead atoms. The number of hydrogen-bond donors (Lipinski definition) is 2. The summed E-state index contributed by atoms with van der Waals surface area (Å²) in [5.41, 5.74) is 0.179. The van der Waals surface area contributed by atoms with Gasteiger partial charge >= 0.3 is 0 Å². The Labute approximate surface area is 137 Å². The van der Waals surface area contributed by atoms with Crippen molar-refractivity contribution in [3.05, 3.63) is 52.4 Å². The largest absolute Gasteiger partial charge is 0.493 e. The van der Waals surface area contributed by atoms with Crippen LogP contribution in [-0.4, -0.2) is 24.7 Å². The van der Waals surface area contributed by atoms with Gasteiger partial charge in [0.25, 0.3) is 5.91 Å². The number of carbonyl (C=O) groups excluding carboxylic acids is 1. The lowest BCUT2D eigenvalue weighted by Gasteiger charge is -2.22. The molecule has 0 aliphatic rings. The van der Waals surface area contributed by atoms with Crippen LogP contribution in [0.5, 0.6) is 5.75 Å². The maximum absolute atomic E-state index is 12.3. The first-order chi connectivity index (χ1) is 11.0. The number of fused-ring (bicyclic) bond motifs is 1. The van der Waals surface area contributed by atoms with Gasteiger partial charge in [0.15, 0.2) is 17.1 Å². The van der Waals surface area contributed by atoms with Crippen LogP contribution in [0.1, 0.15) is 23.0 Å². The third kappa shape index (κ3) is 3.09. The van der Waals surface area contributed by atoms with Crippen molar-refractivity contribution in [1.82, 2.24) is 5.32 Å². The average Bonchev–Trinajstić information content (AvgIpc) is 3.21. The minimum Gasteiger partial charge on any atom is -0.493 e. The molecule has 0 aliphatic heterocycles.